The van der Waals surface area contributed by atoms with Crippen LogP contribution in [0.1, 0.15) is 5.56 Å². The van der Waals surface area contributed by atoms with Crippen LogP contribution in [0.3, 0.4) is 0 Å². The predicted octanol–water partition coefficient (Wildman–Crippen LogP) is 1.62. The maximum Gasteiger partial charge on any atom is 0.242 e. The van der Waals surface area contributed by atoms with Crippen molar-refractivity contribution < 1.29 is 4.79 Å². The standard InChI is InChI=1S/C14H20BrN3O/c1-10-6-11(4-5-13(10)15)18-8-12(7-16-2)17(3)14(19)9-18/h4-6,12,16H,7-9H2,1-3H3. The van der Waals surface area contributed by atoms with Crippen LogP contribution in [-0.4, -0.2) is 50.6 Å². The van der Waals surface area contributed by atoms with E-state index in [1.54, 1.807) is 0 Å². The van der Waals surface area contributed by atoms with Gasteiger partial charge < -0.3 is 15.1 Å². The fourth-order valence-corrected chi connectivity index (χ4v) is 2.63. The van der Waals surface area contributed by atoms with E-state index in [9.17, 15) is 4.79 Å². The summed E-state index contributed by atoms with van der Waals surface area (Å²) in [6.45, 7) is 4.20. The average molecular weight is 326 g/mol. The fourth-order valence-electron chi connectivity index (χ4n) is 2.38. The molecule has 1 amide bonds. The van der Waals surface area contributed by atoms with E-state index < -0.39 is 0 Å². The van der Waals surface area contributed by atoms with Crippen LogP contribution in [0.5, 0.6) is 0 Å². The molecule has 104 valence electrons. The number of amides is 1. The van der Waals surface area contributed by atoms with E-state index in [0.29, 0.717) is 6.54 Å². The highest BCUT2D eigenvalue weighted by molar-refractivity contribution is 9.10. The van der Waals surface area contributed by atoms with Crippen LogP contribution in [-0.2, 0) is 4.79 Å². The lowest BCUT2D eigenvalue weighted by Gasteiger charge is -2.40. The summed E-state index contributed by atoms with van der Waals surface area (Å²) in [5, 5.41) is 3.15. The van der Waals surface area contributed by atoms with Gasteiger partial charge in [0.1, 0.15) is 0 Å². The molecular weight excluding hydrogens is 306 g/mol. The Balaban J connectivity index is 2.20. The number of piperazine rings is 1. The van der Waals surface area contributed by atoms with Crippen LogP contribution in [0.15, 0.2) is 22.7 Å². The smallest absolute Gasteiger partial charge is 0.242 e. The number of benzene rings is 1. The Morgan fingerprint density at radius 2 is 2.21 bits per heavy atom. The summed E-state index contributed by atoms with van der Waals surface area (Å²) < 4.78 is 1.10. The zero-order valence-electron chi connectivity index (χ0n) is 11.6. The summed E-state index contributed by atoms with van der Waals surface area (Å²) in [5.41, 5.74) is 2.30. The summed E-state index contributed by atoms with van der Waals surface area (Å²) in [6.07, 6.45) is 0. The number of nitrogens with zero attached hydrogens (tertiary/aromatic N) is 2. The van der Waals surface area contributed by atoms with E-state index in [-0.39, 0.29) is 11.9 Å². The molecule has 1 fully saturated rings. The van der Waals surface area contributed by atoms with Gasteiger partial charge in [-0.15, -0.1) is 0 Å². The number of carbonyl (C=O) groups is 1. The molecule has 2 rings (SSSR count). The van der Waals surface area contributed by atoms with Gasteiger partial charge in [0.2, 0.25) is 5.91 Å². The summed E-state index contributed by atoms with van der Waals surface area (Å²) in [4.78, 5) is 16.1. The average Bonchev–Trinajstić information content (AvgIpc) is 2.38. The van der Waals surface area contributed by atoms with Crippen molar-refractivity contribution in [1.29, 1.82) is 0 Å². The molecule has 0 saturated carbocycles. The number of nitrogens with one attached hydrogen (secondary N) is 1. The first-order chi connectivity index (χ1) is 9.02. The predicted molar refractivity (Wildman–Crippen MR) is 81.6 cm³/mol. The number of likely N-dealkylation sites (N-methyl/N-ethyl adjacent to an activating group) is 2. The Hall–Kier alpha value is -1.07. The molecule has 0 aliphatic carbocycles. The summed E-state index contributed by atoms with van der Waals surface area (Å²) in [5.74, 6) is 0.173. The van der Waals surface area contributed by atoms with Gasteiger partial charge in [0.25, 0.3) is 0 Å². The van der Waals surface area contributed by atoms with E-state index in [1.807, 2.05) is 25.1 Å². The number of hydrogen-bond donors (Lipinski definition) is 1. The Bertz CT molecular complexity index is 478. The molecule has 0 spiro atoms. The number of hydrogen-bond acceptors (Lipinski definition) is 3. The van der Waals surface area contributed by atoms with Crippen molar-refractivity contribution in [3.63, 3.8) is 0 Å². The van der Waals surface area contributed by atoms with Gasteiger partial charge in [0, 0.05) is 30.3 Å². The number of carbonyl (C=O) groups excluding carboxylic acids is 1. The second-order valence-electron chi connectivity index (χ2n) is 5.03. The third-order valence-corrected chi connectivity index (χ3v) is 4.53. The molecule has 0 aromatic heterocycles. The van der Waals surface area contributed by atoms with Crippen LogP contribution in [0.25, 0.3) is 0 Å². The van der Waals surface area contributed by atoms with Crippen molar-refractivity contribution >= 4 is 27.5 Å². The maximum absolute atomic E-state index is 12.1. The van der Waals surface area contributed by atoms with Gasteiger partial charge in [0.15, 0.2) is 0 Å². The lowest BCUT2D eigenvalue weighted by molar-refractivity contribution is -0.131. The summed E-state index contributed by atoms with van der Waals surface area (Å²) in [6, 6.07) is 6.45. The van der Waals surface area contributed by atoms with Crippen molar-refractivity contribution in [2.24, 2.45) is 0 Å². The normalized spacial score (nSPS) is 20.0. The number of halogens is 1. The largest absolute Gasteiger partial charge is 0.360 e. The SMILES string of the molecule is CNCC1CN(c2ccc(Br)c(C)c2)CC(=O)N1C. The second-order valence-corrected chi connectivity index (χ2v) is 5.88. The van der Waals surface area contributed by atoms with E-state index in [0.717, 1.165) is 23.2 Å². The van der Waals surface area contributed by atoms with Gasteiger partial charge in [-0.1, -0.05) is 15.9 Å². The van der Waals surface area contributed by atoms with Crippen molar-refractivity contribution in [1.82, 2.24) is 10.2 Å². The van der Waals surface area contributed by atoms with Gasteiger partial charge in [-0.05, 0) is 37.7 Å². The Labute approximate surface area is 122 Å². The lowest BCUT2D eigenvalue weighted by atomic mass is 10.1. The molecule has 5 heteroatoms. The summed E-state index contributed by atoms with van der Waals surface area (Å²) in [7, 11) is 3.80. The topological polar surface area (TPSA) is 35.6 Å². The minimum atomic E-state index is 0.173. The van der Waals surface area contributed by atoms with Crippen molar-refractivity contribution in [2.45, 2.75) is 13.0 Å². The molecular formula is C14H20BrN3O. The molecule has 1 unspecified atom stereocenters. The number of anilines is 1. The molecule has 1 atom stereocenters. The first-order valence-electron chi connectivity index (χ1n) is 6.44. The molecule has 0 bridgehead atoms. The van der Waals surface area contributed by atoms with Crippen LogP contribution in [0.4, 0.5) is 5.69 Å². The fraction of sp³-hybridized carbons (Fsp3) is 0.500. The highest BCUT2D eigenvalue weighted by Crippen LogP contribution is 2.24. The van der Waals surface area contributed by atoms with Crippen LogP contribution >= 0.6 is 15.9 Å². The van der Waals surface area contributed by atoms with E-state index in [4.69, 9.17) is 0 Å². The molecule has 1 aromatic rings. The van der Waals surface area contributed by atoms with Gasteiger partial charge in [0.05, 0.1) is 12.6 Å². The van der Waals surface area contributed by atoms with E-state index >= 15 is 0 Å². The van der Waals surface area contributed by atoms with Crippen molar-refractivity contribution in [2.75, 3.05) is 38.6 Å². The molecule has 1 heterocycles. The first-order valence-corrected chi connectivity index (χ1v) is 7.23. The van der Waals surface area contributed by atoms with Gasteiger partial charge in [-0.25, -0.2) is 0 Å². The third-order valence-electron chi connectivity index (χ3n) is 3.64. The Morgan fingerprint density at radius 1 is 1.47 bits per heavy atom. The number of rotatable bonds is 3. The van der Waals surface area contributed by atoms with Crippen LogP contribution in [0, 0.1) is 6.92 Å². The van der Waals surface area contributed by atoms with E-state index in [2.05, 4.69) is 45.2 Å². The molecule has 4 nitrogen and oxygen atoms in total. The monoisotopic (exact) mass is 325 g/mol. The molecule has 1 aliphatic heterocycles. The van der Waals surface area contributed by atoms with Gasteiger partial charge >= 0.3 is 0 Å². The Morgan fingerprint density at radius 3 is 2.84 bits per heavy atom. The summed E-state index contributed by atoms with van der Waals surface area (Å²) >= 11 is 3.51. The van der Waals surface area contributed by atoms with Crippen LogP contribution < -0.4 is 10.2 Å². The van der Waals surface area contributed by atoms with Crippen LogP contribution in [0.2, 0.25) is 0 Å². The van der Waals surface area contributed by atoms with Crippen molar-refractivity contribution in [3.05, 3.63) is 28.2 Å². The minimum absolute atomic E-state index is 0.173. The zero-order valence-corrected chi connectivity index (χ0v) is 13.2. The zero-order chi connectivity index (χ0) is 14.0. The molecule has 0 radical (unpaired) electrons. The number of aryl methyl sites for hydroxylation is 1. The Kier molecular flexibility index (Phi) is 4.47. The highest BCUT2D eigenvalue weighted by atomic mass is 79.9. The molecule has 1 aromatic carbocycles. The minimum Gasteiger partial charge on any atom is -0.360 e. The highest BCUT2D eigenvalue weighted by Gasteiger charge is 2.29. The van der Waals surface area contributed by atoms with Crippen molar-refractivity contribution in [3.8, 4) is 0 Å². The first kappa shape index (κ1) is 14.3. The van der Waals surface area contributed by atoms with Gasteiger partial charge in [-0.2, -0.15) is 0 Å². The lowest BCUT2D eigenvalue weighted by Crippen LogP contribution is -2.57. The third kappa shape index (κ3) is 3.09. The van der Waals surface area contributed by atoms with E-state index in [1.165, 1.54) is 5.56 Å². The second kappa shape index (κ2) is 5.92. The quantitative estimate of drug-likeness (QED) is 0.917. The van der Waals surface area contributed by atoms with Gasteiger partial charge in [-0.3, -0.25) is 4.79 Å². The molecule has 1 aliphatic rings. The molecule has 19 heavy (non-hydrogen) atoms. The molecule has 1 N–H and O–H groups in total. The molecule has 1 saturated heterocycles. The maximum atomic E-state index is 12.1.